The van der Waals surface area contributed by atoms with Crippen LogP contribution in [0.15, 0.2) is 17.0 Å². The highest BCUT2D eigenvalue weighted by molar-refractivity contribution is 7.91. The third-order valence-corrected chi connectivity index (χ3v) is 11.8. The van der Waals surface area contributed by atoms with E-state index in [1.54, 1.807) is 6.07 Å². The number of piperidine rings is 1. The van der Waals surface area contributed by atoms with E-state index in [9.17, 15) is 18.0 Å². The van der Waals surface area contributed by atoms with Crippen LogP contribution in [-0.4, -0.2) is 67.2 Å². The van der Waals surface area contributed by atoms with Crippen LogP contribution in [0.4, 0.5) is 10.1 Å². The van der Waals surface area contributed by atoms with E-state index in [4.69, 9.17) is 10.5 Å². The van der Waals surface area contributed by atoms with E-state index >= 15 is 4.39 Å². The molecule has 4 N–H and O–H groups in total. The van der Waals surface area contributed by atoms with E-state index in [2.05, 4.69) is 15.5 Å². The minimum atomic E-state index is -3.57. The topological polar surface area (TPSA) is 136 Å². The number of hydrogen-bond donors (Lipinski definition) is 3. The zero-order chi connectivity index (χ0) is 31.2. The number of carbonyl (C=O) groups excluding carboxylic acids is 2. The Morgan fingerprint density at radius 1 is 1.05 bits per heavy atom. The lowest BCUT2D eigenvalue weighted by Gasteiger charge is -2.32. The summed E-state index contributed by atoms with van der Waals surface area (Å²) in [6.45, 7) is 7.18. The third-order valence-electron chi connectivity index (χ3n) is 9.58. The summed E-state index contributed by atoms with van der Waals surface area (Å²) >= 11 is 0. The quantitative estimate of drug-likeness (QED) is 0.404. The fraction of sp³-hybridized carbons (Fsp3) is 0.625. The molecular weight excluding hydrogens is 585 g/mol. The number of nitrogens with one attached hydrogen (secondary N) is 2. The van der Waals surface area contributed by atoms with Crippen molar-refractivity contribution in [3.63, 3.8) is 0 Å². The molecule has 1 aliphatic carbocycles. The number of sulfone groups is 1. The number of ether oxygens (including phenoxy) is 1. The van der Waals surface area contributed by atoms with Gasteiger partial charge in [-0.1, -0.05) is 20.3 Å². The molecular formula is C32H44FN5O5S. The van der Waals surface area contributed by atoms with Gasteiger partial charge in [0, 0.05) is 36.3 Å². The van der Waals surface area contributed by atoms with Gasteiger partial charge in [-0.15, -0.1) is 0 Å². The van der Waals surface area contributed by atoms with E-state index in [0.29, 0.717) is 40.4 Å². The number of nitrogens with two attached hydrogens (primary N) is 1. The van der Waals surface area contributed by atoms with Crippen molar-refractivity contribution in [2.45, 2.75) is 102 Å². The van der Waals surface area contributed by atoms with Crippen LogP contribution in [0.2, 0.25) is 0 Å². The fourth-order valence-electron chi connectivity index (χ4n) is 7.61. The van der Waals surface area contributed by atoms with Gasteiger partial charge in [-0.25, -0.2) is 12.8 Å². The molecule has 44 heavy (non-hydrogen) atoms. The summed E-state index contributed by atoms with van der Waals surface area (Å²) in [5, 5.41) is 6.56. The van der Waals surface area contributed by atoms with E-state index in [-0.39, 0.29) is 48.2 Å². The second-order valence-corrected chi connectivity index (χ2v) is 15.7. The summed E-state index contributed by atoms with van der Waals surface area (Å²) in [6.07, 6.45) is 7.68. The van der Waals surface area contributed by atoms with Crippen LogP contribution < -0.4 is 16.4 Å². The molecule has 12 heteroatoms. The highest BCUT2D eigenvalue weighted by Gasteiger charge is 2.43. The molecule has 1 aromatic heterocycles. The number of carbonyl (C=O) groups is 2. The number of likely N-dealkylation sites (tertiary alicyclic amines) is 1. The molecule has 2 fully saturated rings. The summed E-state index contributed by atoms with van der Waals surface area (Å²) in [4.78, 5) is 27.7. The predicted octanol–water partition coefficient (Wildman–Crippen LogP) is 3.82. The number of benzene rings is 1. The predicted molar refractivity (Wildman–Crippen MR) is 165 cm³/mol. The lowest BCUT2D eigenvalue weighted by Crippen LogP contribution is -2.41. The van der Waals surface area contributed by atoms with Crippen molar-refractivity contribution in [3.05, 3.63) is 40.5 Å². The van der Waals surface area contributed by atoms with Gasteiger partial charge in [0.25, 0.3) is 5.91 Å². The molecule has 0 unspecified atom stereocenters. The zero-order valence-electron chi connectivity index (χ0n) is 25.7. The molecule has 0 bridgehead atoms. The van der Waals surface area contributed by atoms with Gasteiger partial charge in [-0.05, 0) is 75.6 Å². The Morgan fingerprint density at radius 3 is 2.45 bits per heavy atom. The van der Waals surface area contributed by atoms with Crippen molar-refractivity contribution in [2.24, 2.45) is 11.1 Å². The Balaban J connectivity index is 1.20. The van der Waals surface area contributed by atoms with Crippen molar-refractivity contribution >= 4 is 27.3 Å². The van der Waals surface area contributed by atoms with Crippen molar-refractivity contribution in [2.75, 3.05) is 30.7 Å². The molecule has 4 aliphatic rings. The van der Waals surface area contributed by atoms with Crippen LogP contribution >= 0.6 is 0 Å². The highest BCUT2D eigenvalue weighted by Crippen LogP contribution is 2.44. The Morgan fingerprint density at radius 2 is 1.75 bits per heavy atom. The van der Waals surface area contributed by atoms with Crippen LogP contribution in [0.5, 0.6) is 0 Å². The number of hydrogen-bond acceptors (Lipinski definition) is 7. The van der Waals surface area contributed by atoms with Gasteiger partial charge in [0.15, 0.2) is 9.84 Å². The molecule has 1 aromatic carbocycles. The van der Waals surface area contributed by atoms with Crippen molar-refractivity contribution in [1.29, 1.82) is 0 Å². The molecule has 4 heterocycles. The number of amides is 2. The summed E-state index contributed by atoms with van der Waals surface area (Å²) in [7, 11) is -3.57. The largest absolute Gasteiger partial charge is 0.382 e. The second-order valence-electron chi connectivity index (χ2n) is 13.8. The second kappa shape index (κ2) is 12.1. The average molecular weight is 630 g/mol. The minimum absolute atomic E-state index is 0.0345. The van der Waals surface area contributed by atoms with Crippen LogP contribution in [0, 0.1) is 11.2 Å². The molecule has 1 saturated carbocycles. The normalized spacial score (nSPS) is 24.3. The van der Waals surface area contributed by atoms with Crippen LogP contribution in [-0.2, 0) is 39.0 Å². The first-order valence-corrected chi connectivity index (χ1v) is 17.5. The summed E-state index contributed by atoms with van der Waals surface area (Å²) in [5.74, 6) is -1.53. The highest BCUT2D eigenvalue weighted by atomic mass is 32.2. The maximum atomic E-state index is 15.7. The standard InChI is InChI=1S/C32H44FN5O5S/c1-32(2)16-26-30(44(41,42)19-32)23-17-43-18-27(23)38(26)22-14-24(33)29(31(34)40)25(15-22)35-20-6-8-21(9-7-20)36-28(39)10-13-37-11-4-3-5-12-37/h14-15,20-21,35H,3-13,16-19H2,1-2H3,(H2,34,40)(H,36,39)/t20-,21-. The number of rotatable bonds is 8. The number of anilines is 1. The van der Waals surface area contributed by atoms with Crippen molar-refractivity contribution in [3.8, 4) is 5.69 Å². The maximum absolute atomic E-state index is 15.7. The van der Waals surface area contributed by atoms with Gasteiger partial charge in [0.05, 0.1) is 46.5 Å². The van der Waals surface area contributed by atoms with E-state index in [0.717, 1.165) is 45.3 Å². The molecule has 0 atom stereocenters. The molecule has 2 aromatic rings. The maximum Gasteiger partial charge on any atom is 0.253 e. The Bertz CT molecular complexity index is 1560. The number of fused-ring (bicyclic) bond motifs is 3. The number of aromatic nitrogens is 1. The molecule has 3 aliphatic heterocycles. The van der Waals surface area contributed by atoms with E-state index < -0.39 is 27.0 Å². The van der Waals surface area contributed by atoms with Gasteiger partial charge in [-0.3, -0.25) is 9.59 Å². The van der Waals surface area contributed by atoms with Crippen LogP contribution in [0.1, 0.15) is 92.5 Å². The molecule has 10 nitrogen and oxygen atoms in total. The van der Waals surface area contributed by atoms with Gasteiger partial charge < -0.3 is 30.6 Å². The SMILES string of the molecule is CC1(C)Cc2c(c3c(n2-c2cc(F)c(C(N)=O)c(N[C@H]4CC[C@H](NC(=O)CCN5CCCCC5)CC4)c2)COC3)S(=O)(=O)C1. The first kappa shape index (κ1) is 31.0. The summed E-state index contributed by atoms with van der Waals surface area (Å²) in [6, 6.07) is 3.00. The zero-order valence-corrected chi connectivity index (χ0v) is 26.5. The summed E-state index contributed by atoms with van der Waals surface area (Å²) in [5.41, 5.74) is 7.62. The van der Waals surface area contributed by atoms with Gasteiger partial charge >= 0.3 is 0 Å². The van der Waals surface area contributed by atoms with Crippen molar-refractivity contribution < 1.29 is 27.1 Å². The number of nitrogens with zero attached hydrogens (tertiary/aromatic N) is 2. The molecule has 6 rings (SSSR count). The monoisotopic (exact) mass is 629 g/mol. The smallest absolute Gasteiger partial charge is 0.253 e. The fourth-order valence-corrected chi connectivity index (χ4v) is 9.96. The third kappa shape index (κ3) is 6.25. The Labute approximate surface area is 258 Å². The van der Waals surface area contributed by atoms with Gasteiger partial charge in [0.2, 0.25) is 5.91 Å². The lowest BCUT2D eigenvalue weighted by atomic mass is 9.89. The van der Waals surface area contributed by atoms with Crippen molar-refractivity contribution in [1.82, 2.24) is 14.8 Å². The van der Waals surface area contributed by atoms with E-state index in [1.165, 1.54) is 25.3 Å². The first-order chi connectivity index (χ1) is 20.9. The van der Waals surface area contributed by atoms with E-state index in [1.807, 2.05) is 18.4 Å². The van der Waals surface area contributed by atoms with Gasteiger partial charge in [0.1, 0.15) is 5.82 Å². The Kier molecular flexibility index (Phi) is 8.53. The minimum Gasteiger partial charge on any atom is -0.382 e. The molecule has 0 spiro atoms. The Hall–Kier alpha value is -2.96. The van der Waals surface area contributed by atoms with Crippen LogP contribution in [0.3, 0.4) is 0 Å². The lowest BCUT2D eigenvalue weighted by molar-refractivity contribution is -0.122. The van der Waals surface area contributed by atoms with Crippen LogP contribution in [0.25, 0.3) is 5.69 Å². The summed E-state index contributed by atoms with van der Waals surface area (Å²) < 4.78 is 49.9. The molecule has 0 radical (unpaired) electrons. The molecule has 2 amide bonds. The first-order valence-electron chi connectivity index (χ1n) is 15.9. The molecule has 240 valence electrons. The molecule has 1 saturated heterocycles. The van der Waals surface area contributed by atoms with Gasteiger partial charge in [-0.2, -0.15) is 0 Å². The average Bonchev–Trinajstić information content (AvgIpc) is 3.52. The number of halogens is 1. The number of primary amides is 1.